The predicted molar refractivity (Wildman–Crippen MR) is 224 cm³/mol. The van der Waals surface area contributed by atoms with Gasteiger partial charge < -0.3 is 18.8 Å². The first-order chi connectivity index (χ1) is 28.5. The number of aryl methyl sites for hydroxylation is 1. The summed E-state index contributed by atoms with van der Waals surface area (Å²) in [6, 6.07) is 37.4. The Balaban J connectivity index is 1.15. The summed E-state index contributed by atoms with van der Waals surface area (Å²) in [5, 5.41) is 8.81. The van der Waals surface area contributed by atoms with Gasteiger partial charge in [0.1, 0.15) is 30.6 Å². The van der Waals surface area contributed by atoms with Gasteiger partial charge in [0.15, 0.2) is 17.4 Å². The number of hydrogen-bond donors (Lipinski definition) is 1. The number of nitrogens with one attached hydrogen (secondary N) is 1. The van der Waals surface area contributed by atoms with Crippen LogP contribution in [0.25, 0.3) is 33.5 Å². The largest absolute Gasteiger partial charge is 0.486 e. The van der Waals surface area contributed by atoms with Gasteiger partial charge in [-0.15, -0.1) is 0 Å². The molecule has 0 saturated carbocycles. The van der Waals surface area contributed by atoms with Crippen LogP contribution in [0.5, 0.6) is 5.75 Å². The molecule has 3 heterocycles. The van der Waals surface area contributed by atoms with E-state index in [1.807, 2.05) is 116 Å². The molecule has 8 rings (SSSR count). The van der Waals surface area contributed by atoms with Gasteiger partial charge in [-0.2, -0.15) is 5.10 Å². The zero-order chi connectivity index (χ0) is 41.1. The highest BCUT2D eigenvalue weighted by molar-refractivity contribution is 5.94. The molecule has 1 N–H and O–H groups in total. The standard InChI is InChI=1S/C48H46FN5O5/c1-5-34-24-43(57-29-32-17-11-7-12-18-32)38(49)25-37(34)35-21-22-36-39(23-35)51-52-44(36)45-50-40-28-54(47(56)59-48(2,3)4)42(46(55)58-30-33-19-13-8-14-20-33)26-41(40)53(45)27-31-15-9-6-10-16-31/h6-25,42H,5,26-30H2,1-4H3,(H,51,52). The first-order valence-electron chi connectivity index (χ1n) is 19.8. The zero-order valence-electron chi connectivity index (χ0n) is 33.6. The molecule has 1 aliphatic rings. The van der Waals surface area contributed by atoms with Crippen LogP contribution in [0, 0.1) is 5.82 Å². The van der Waals surface area contributed by atoms with Crippen LogP contribution in [0.3, 0.4) is 0 Å². The maximum absolute atomic E-state index is 15.6. The molecule has 11 heteroatoms. The Morgan fingerprint density at radius 3 is 2.17 bits per heavy atom. The molecule has 1 atom stereocenters. The van der Waals surface area contributed by atoms with Crippen LogP contribution in [-0.4, -0.2) is 48.4 Å². The van der Waals surface area contributed by atoms with E-state index in [0.717, 1.165) is 50.0 Å². The average molecular weight is 792 g/mol. The van der Waals surface area contributed by atoms with Crippen molar-refractivity contribution in [2.75, 3.05) is 0 Å². The number of ether oxygens (including phenoxy) is 3. The van der Waals surface area contributed by atoms with Crippen LogP contribution >= 0.6 is 0 Å². The Morgan fingerprint density at radius 1 is 0.847 bits per heavy atom. The fourth-order valence-electron chi connectivity index (χ4n) is 7.48. The lowest BCUT2D eigenvalue weighted by Crippen LogP contribution is -2.51. The van der Waals surface area contributed by atoms with Crippen LogP contribution in [0.4, 0.5) is 9.18 Å². The summed E-state index contributed by atoms with van der Waals surface area (Å²) in [6.45, 7) is 8.23. The number of H-pyrrole nitrogens is 1. The van der Waals surface area contributed by atoms with Crippen LogP contribution in [0.15, 0.2) is 121 Å². The van der Waals surface area contributed by atoms with Crippen molar-refractivity contribution in [1.82, 2.24) is 24.6 Å². The second-order valence-electron chi connectivity index (χ2n) is 15.7. The summed E-state index contributed by atoms with van der Waals surface area (Å²) in [6.07, 6.45) is 0.207. The zero-order valence-corrected chi connectivity index (χ0v) is 33.6. The minimum absolute atomic E-state index is 0.0348. The van der Waals surface area contributed by atoms with Gasteiger partial charge in [0.2, 0.25) is 0 Å². The topological polar surface area (TPSA) is 112 Å². The van der Waals surface area contributed by atoms with Gasteiger partial charge in [0.25, 0.3) is 0 Å². The van der Waals surface area contributed by atoms with Crippen molar-refractivity contribution < 1.29 is 28.2 Å². The van der Waals surface area contributed by atoms with Crippen molar-refractivity contribution in [3.05, 3.63) is 161 Å². The summed E-state index contributed by atoms with van der Waals surface area (Å²) in [4.78, 5) is 34.2. The molecule has 0 bridgehead atoms. The molecule has 0 aliphatic carbocycles. The fraction of sp³-hybridized carbons (Fsp3) is 0.250. The highest BCUT2D eigenvalue weighted by Crippen LogP contribution is 2.37. The molecule has 7 aromatic rings. The molecule has 2 aromatic heterocycles. The highest BCUT2D eigenvalue weighted by Gasteiger charge is 2.41. The molecule has 0 fully saturated rings. The third kappa shape index (κ3) is 8.60. The third-order valence-electron chi connectivity index (χ3n) is 10.4. The van der Waals surface area contributed by atoms with E-state index in [2.05, 4.69) is 9.67 Å². The van der Waals surface area contributed by atoms with E-state index in [9.17, 15) is 9.59 Å². The van der Waals surface area contributed by atoms with E-state index in [1.165, 1.54) is 11.0 Å². The van der Waals surface area contributed by atoms with Gasteiger partial charge in [-0.3, -0.25) is 10.00 Å². The number of benzene rings is 5. The lowest BCUT2D eigenvalue weighted by molar-refractivity contribution is -0.152. The Kier molecular flexibility index (Phi) is 11.0. The molecular formula is C48H46FN5O5. The SMILES string of the molecule is CCc1cc(OCc2ccccc2)c(F)cc1-c1ccc2c(-c3nc4c(n3Cc3ccccc3)CC(C(=O)OCc3ccccc3)N(C(=O)OC(C)(C)C)C4)n[nH]c2c1. The quantitative estimate of drug-likeness (QED) is 0.130. The Bertz CT molecular complexity index is 2600. The highest BCUT2D eigenvalue weighted by atomic mass is 19.1. The first kappa shape index (κ1) is 39.1. The number of imidazole rings is 1. The van der Waals surface area contributed by atoms with Crippen molar-refractivity contribution in [2.45, 2.75) is 78.5 Å². The second kappa shape index (κ2) is 16.6. The molecule has 5 aromatic carbocycles. The normalized spacial score (nSPS) is 13.9. The second-order valence-corrected chi connectivity index (χ2v) is 15.7. The number of carbonyl (C=O) groups is 2. The maximum atomic E-state index is 15.6. The predicted octanol–water partition coefficient (Wildman–Crippen LogP) is 9.83. The van der Waals surface area contributed by atoms with Crippen LogP contribution in [-0.2, 0) is 53.4 Å². The molecule has 0 saturated heterocycles. The van der Waals surface area contributed by atoms with Gasteiger partial charge in [0.05, 0.1) is 17.8 Å². The summed E-state index contributed by atoms with van der Waals surface area (Å²) in [5.41, 5.74) is 7.37. The van der Waals surface area contributed by atoms with E-state index in [-0.39, 0.29) is 31.9 Å². The summed E-state index contributed by atoms with van der Waals surface area (Å²) >= 11 is 0. The smallest absolute Gasteiger partial charge is 0.411 e. The van der Waals surface area contributed by atoms with Gasteiger partial charge in [-0.05, 0) is 84.8 Å². The van der Waals surface area contributed by atoms with E-state index < -0.39 is 29.5 Å². The molecule has 1 aliphatic heterocycles. The molecule has 10 nitrogen and oxygen atoms in total. The summed E-state index contributed by atoms with van der Waals surface area (Å²) < 4.78 is 35.2. The monoisotopic (exact) mass is 791 g/mol. The van der Waals surface area contributed by atoms with Crippen molar-refractivity contribution in [1.29, 1.82) is 0 Å². The number of carbonyl (C=O) groups excluding carboxylic acids is 2. The Labute approximate surface area is 342 Å². The van der Waals surface area contributed by atoms with Gasteiger partial charge in [-0.1, -0.05) is 104 Å². The minimum atomic E-state index is -0.957. The number of halogens is 1. The van der Waals surface area contributed by atoms with E-state index >= 15 is 4.39 Å². The number of hydrogen-bond acceptors (Lipinski definition) is 7. The van der Waals surface area contributed by atoms with Crippen LogP contribution in [0.2, 0.25) is 0 Å². The number of aromatic amines is 1. The minimum Gasteiger partial charge on any atom is -0.486 e. The summed E-state index contributed by atoms with van der Waals surface area (Å²) in [5.74, 6) is -0.170. The van der Waals surface area contributed by atoms with Gasteiger partial charge in [0, 0.05) is 24.0 Å². The lowest BCUT2D eigenvalue weighted by Gasteiger charge is -2.35. The maximum Gasteiger partial charge on any atom is 0.411 e. The fourth-order valence-corrected chi connectivity index (χ4v) is 7.48. The van der Waals surface area contributed by atoms with Crippen molar-refractivity contribution in [2.24, 2.45) is 0 Å². The Hall–Kier alpha value is -6.75. The molecular weight excluding hydrogens is 746 g/mol. The number of nitrogens with zero attached hydrogens (tertiary/aromatic N) is 4. The number of aromatic nitrogens is 4. The van der Waals surface area contributed by atoms with Crippen LogP contribution in [0.1, 0.15) is 61.3 Å². The lowest BCUT2D eigenvalue weighted by atomic mass is 9.96. The van der Waals surface area contributed by atoms with Gasteiger partial charge in [-0.25, -0.2) is 19.0 Å². The number of fused-ring (bicyclic) bond motifs is 2. The number of esters is 1. The molecule has 59 heavy (non-hydrogen) atoms. The first-order valence-corrected chi connectivity index (χ1v) is 19.8. The average Bonchev–Trinajstić information content (AvgIpc) is 3.82. The molecule has 1 amide bonds. The third-order valence-corrected chi connectivity index (χ3v) is 10.4. The van der Waals surface area contributed by atoms with Crippen molar-refractivity contribution in [3.8, 4) is 28.4 Å². The molecule has 0 radical (unpaired) electrons. The van der Waals surface area contributed by atoms with E-state index in [0.29, 0.717) is 30.2 Å². The molecule has 0 spiro atoms. The summed E-state index contributed by atoms with van der Waals surface area (Å²) in [7, 11) is 0. The van der Waals surface area contributed by atoms with E-state index in [1.54, 1.807) is 26.8 Å². The van der Waals surface area contributed by atoms with Crippen molar-refractivity contribution in [3.63, 3.8) is 0 Å². The number of rotatable bonds is 11. The molecule has 300 valence electrons. The number of amides is 1. The van der Waals surface area contributed by atoms with Crippen molar-refractivity contribution >= 4 is 23.0 Å². The van der Waals surface area contributed by atoms with E-state index in [4.69, 9.17) is 24.3 Å². The van der Waals surface area contributed by atoms with Crippen LogP contribution < -0.4 is 4.74 Å². The molecule has 1 unspecified atom stereocenters. The Morgan fingerprint density at radius 2 is 1.51 bits per heavy atom. The van der Waals surface area contributed by atoms with Gasteiger partial charge >= 0.3 is 12.1 Å².